The van der Waals surface area contributed by atoms with Crippen LogP contribution in [0.25, 0.3) is 22.3 Å². The van der Waals surface area contributed by atoms with Crippen LogP contribution in [0.2, 0.25) is 0 Å². The number of hydrogen-bond donors (Lipinski definition) is 2. The largest absolute Gasteiger partial charge is 0.497 e. The molecule has 41 heavy (non-hydrogen) atoms. The van der Waals surface area contributed by atoms with E-state index in [-0.39, 0.29) is 18.1 Å². The van der Waals surface area contributed by atoms with Crippen molar-refractivity contribution in [1.29, 1.82) is 0 Å². The molecule has 0 aliphatic carbocycles. The van der Waals surface area contributed by atoms with E-state index in [4.69, 9.17) is 14.5 Å². The Labute approximate surface area is 235 Å². The Balaban J connectivity index is 1.66. The first-order valence-corrected chi connectivity index (χ1v) is 12.9. The minimum atomic E-state index is -4.24. The highest BCUT2D eigenvalue weighted by molar-refractivity contribution is 5.93. The summed E-state index contributed by atoms with van der Waals surface area (Å²) >= 11 is 0. The Hall–Kier alpha value is -4.45. The lowest BCUT2D eigenvalue weighted by Crippen LogP contribution is -2.29. The van der Waals surface area contributed by atoms with E-state index in [0.29, 0.717) is 53.2 Å². The summed E-state index contributed by atoms with van der Waals surface area (Å²) in [5.41, 5.74) is 4.44. The van der Waals surface area contributed by atoms with Crippen molar-refractivity contribution in [3.63, 3.8) is 0 Å². The van der Waals surface area contributed by atoms with Crippen molar-refractivity contribution < 1.29 is 27.4 Å². The zero-order valence-electron chi connectivity index (χ0n) is 23.0. The lowest BCUT2D eigenvalue weighted by Gasteiger charge is -2.26. The summed E-state index contributed by atoms with van der Waals surface area (Å²) in [6.07, 6.45) is 0.107. The van der Waals surface area contributed by atoms with Gasteiger partial charge in [0, 0.05) is 54.9 Å². The Morgan fingerprint density at radius 2 is 1.68 bits per heavy atom. The Morgan fingerprint density at radius 1 is 0.927 bits per heavy atom. The van der Waals surface area contributed by atoms with E-state index in [2.05, 4.69) is 20.6 Å². The fraction of sp³-hybridized carbons (Fsp3) is 0.310. The average Bonchev–Trinajstić information content (AvgIpc) is 2.98. The van der Waals surface area contributed by atoms with Gasteiger partial charge in [0.25, 0.3) is 5.91 Å². The van der Waals surface area contributed by atoms with Gasteiger partial charge in [0.2, 0.25) is 0 Å². The monoisotopic (exact) mass is 568 g/mol. The number of carbonyl (C=O) groups is 1. The van der Waals surface area contributed by atoms with Crippen LogP contribution in [0.1, 0.15) is 23.3 Å². The molecule has 216 valence electrons. The number of fused-ring (bicyclic) bond motifs is 1. The molecule has 0 unspecified atom stereocenters. The van der Waals surface area contributed by atoms with E-state index >= 15 is 0 Å². The number of hydrogen-bond acceptors (Lipinski definition) is 8. The van der Waals surface area contributed by atoms with Gasteiger partial charge < -0.3 is 25.0 Å². The minimum Gasteiger partial charge on any atom is -0.497 e. The smallest absolute Gasteiger partial charge is 0.401 e. The molecule has 0 saturated heterocycles. The van der Waals surface area contributed by atoms with Crippen molar-refractivity contribution in [2.24, 2.45) is 0 Å². The Morgan fingerprint density at radius 3 is 2.37 bits per heavy atom. The highest BCUT2D eigenvalue weighted by Gasteiger charge is 2.26. The second kappa shape index (κ2) is 13.3. The van der Waals surface area contributed by atoms with Crippen molar-refractivity contribution in [2.45, 2.75) is 19.0 Å². The van der Waals surface area contributed by atoms with Gasteiger partial charge in [-0.25, -0.2) is 4.98 Å². The number of aromatic nitrogens is 3. The van der Waals surface area contributed by atoms with Crippen molar-refractivity contribution in [2.75, 3.05) is 45.8 Å². The molecule has 2 N–H and O–H groups in total. The first-order chi connectivity index (χ1) is 19.7. The van der Waals surface area contributed by atoms with Crippen molar-refractivity contribution >= 4 is 28.3 Å². The minimum absolute atomic E-state index is 0.241. The van der Waals surface area contributed by atoms with Crippen LogP contribution in [0.4, 0.5) is 24.5 Å². The molecule has 0 atom stereocenters. The normalized spacial score (nSPS) is 11.4. The standard InChI is InChI=1S/C29H31F3N6O3/c1-33-28(39)26-12-19(8-10-35-26)27-17-36-24-7-6-20(15-25(24)37-27)38(11-5-4-9-34-18-29(30,31)32)21-13-22(40-2)16-23(14-21)41-3/h6-8,10,12-17,34H,4-5,9,11,18H2,1-3H3,(H,33,39). The molecule has 2 aromatic heterocycles. The Bertz CT molecular complexity index is 1480. The molecule has 0 bridgehead atoms. The predicted molar refractivity (Wildman–Crippen MR) is 151 cm³/mol. The van der Waals surface area contributed by atoms with E-state index in [9.17, 15) is 18.0 Å². The zero-order chi connectivity index (χ0) is 29.4. The molecular weight excluding hydrogens is 537 g/mol. The van der Waals surface area contributed by atoms with E-state index in [1.54, 1.807) is 44.8 Å². The van der Waals surface area contributed by atoms with Gasteiger partial charge in [-0.05, 0) is 49.7 Å². The molecule has 9 nitrogen and oxygen atoms in total. The summed E-state index contributed by atoms with van der Waals surface area (Å²) < 4.78 is 48.4. The number of pyridine rings is 1. The fourth-order valence-electron chi connectivity index (χ4n) is 4.25. The first kappa shape index (κ1) is 29.5. The second-order valence-corrected chi connectivity index (χ2v) is 9.16. The van der Waals surface area contributed by atoms with Crippen LogP contribution in [0.3, 0.4) is 0 Å². The molecule has 0 saturated carbocycles. The number of ether oxygens (including phenoxy) is 2. The first-order valence-electron chi connectivity index (χ1n) is 12.9. The average molecular weight is 569 g/mol. The van der Waals surface area contributed by atoms with E-state index in [1.165, 1.54) is 7.05 Å². The highest BCUT2D eigenvalue weighted by Crippen LogP contribution is 2.34. The number of nitrogens with zero attached hydrogens (tertiary/aromatic N) is 4. The van der Waals surface area contributed by atoms with E-state index < -0.39 is 12.7 Å². The maximum atomic E-state index is 12.5. The zero-order valence-corrected chi connectivity index (χ0v) is 23.0. The molecule has 0 radical (unpaired) electrons. The van der Waals surface area contributed by atoms with Crippen LogP contribution in [-0.4, -0.2) is 67.9 Å². The van der Waals surface area contributed by atoms with Gasteiger partial charge in [-0.15, -0.1) is 0 Å². The molecule has 12 heteroatoms. The predicted octanol–water partition coefficient (Wildman–Crippen LogP) is 5.14. The van der Waals surface area contributed by atoms with Gasteiger partial charge >= 0.3 is 6.18 Å². The molecule has 2 heterocycles. The molecule has 0 aliphatic heterocycles. The number of nitrogens with one attached hydrogen (secondary N) is 2. The quantitative estimate of drug-likeness (QED) is 0.227. The number of amides is 1. The fourth-order valence-corrected chi connectivity index (χ4v) is 4.25. The number of anilines is 2. The van der Waals surface area contributed by atoms with Crippen LogP contribution in [0.15, 0.2) is 60.9 Å². The molecular formula is C29H31F3N6O3. The molecule has 4 aromatic rings. The van der Waals surface area contributed by atoms with E-state index in [0.717, 1.165) is 11.4 Å². The summed E-state index contributed by atoms with van der Waals surface area (Å²) in [5.74, 6) is 0.896. The second-order valence-electron chi connectivity index (χ2n) is 9.16. The van der Waals surface area contributed by atoms with Crippen LogP contribution in [0.5, 0.6) is 11.5 Å². The SMILES string of the molecule is CNC(=O)c1cc(-c2cnc3ccc(N(CCCCNCC(F)(F)F)c4cc(OC)cc(OC)c4)cc3n2)ccn1. The van der Waals surface area contributed by atoms with Crippen molar-refractivity contribution in [3.8, 4) is 22.8 Å². The number of unbranched alkanes of at least 4 members (excludes halogenated alkanes) is 1. The number of benzene rings is 2. The highest BCUT2D eigenvalue weighted by atomic mass is 19.4. The van der Waals surface area contributed by atoms with Crippen molar-refractivity contribution in [1.82, 2.24) is 25.6 Å². The lowest BCUT2D eigenvalue weighted by molar-refractivity contribution is -0.124. The van der Waals surface area contributed by atoms with Gasteiger partial charge in [0.05, 0.1) is 43.7 Å². The topological polar surface area (TPSA) is 102 Å². The summed E-state index contributed by atoms with van der Waals surface area (Å²) in [6.45, 7) is -0.259. The third-order valence-electron chi connectivity index (χ3n) is 6.31. The number of carbonyl (C=O) groups excluding carboxylic acids is 1. The number of halogens is 3. The number of methoxy groups -OCH3 is 2. The maximum absolute atomic E-state index is 12.5. The van der Waals surface area contributed by atoms with Crippen LogP contribution in [0, 0.1) is 0 Å². The third kappa shape index (κ3) is 7.82. The van der Waals surface area contributed by atoms with Crippen LogP contribution < -0.4 is 25.0 Å². The molecule has 0 fully saturated rings. The van der Waals surface area contributed by atoms with Crippen LogP contribution >= 0.6 is 0 Å². The van der Waals surface area contributed by atoms with Gasteiger partial charge in [0.1, 0.15) is 17.2 Å². The number of alkyl halides is 3. The van der Waals surface area contributed by atoms with Crippen LogP contribution in [-0.2, 0) is 0 Å². The molecule has 4 rings (SSSR count). The maximum Gasteiger partial charge on any atom is 0.401 e. The summed E-state index contributed by atoms with van der Waals surface area (Å²) in [4.78, 5) is 27.6. The Kier molecular flexibility index (Phi) is 9.56. The summed E-state index contributed by atoms with van der Waals surface area (Å²) in [7, 11) is 4.67. The van der Waals surface area contributed by atoms with Crippen molar-refractivity contribution in [3.05, 3.63) is 66.6 Å². The molecule has 0 spiro atoms. The number of rotatable bonds is 12. The van der Waals surface area contributed by atoms with Gasteiger partial charge in [-0.2, -0.15) is 13.2 Å². The van der Waals surface area contributed by atoms with Gasteiger partial charge in [0.15, 0.2) is 0 Å². The lowest BCUT2D eigenvalue weighted by atomic mass is 10.1. The summed E-state index contributed by atoms with van der Waals surface area (Å²) in [5, 5.41) is 5.01. The van der Waals surface area contributed by atoms with E-state index in [1.807, 2.05) is 35.2 Å². The summed E-state index contributed by atoms with van der Waals surface area (Å²) in [6, 6.07) is 14.6. The van der Waals surface area contributed by atoms with Gasteiger partial charge in [-0.1, -0.05) is 0 Å². The van der Waals surface area contributed by atoms with Gasteiger partial charge in [-0.3, -0.25) is 14.8 Å². The molecule has 0 aliphatic rings. The molecule has 2 aromatic carbocycles. The third-order valence-corrected chi connectivity index (χ3v) is 6.31. The molecule has 1 amide bonds.